The highest BCUT2D eigenvalue weighted by molar-refractivity contribution is 5.84. The second-order valence-electron chi connectivity index (χ2n) is 3.91. The van der Waals surface area contributed by atoms with Gasteiger partial charge in [-0.25, -0.2) is 0 Å². The molecule has 0 saturated heterocycles. The molecule has 0 N–H and O–H groups in total. The first-order valence-corrected chi connectivity index (χ1v) is 5.15. The summed E-state index contributed by atoms with van der Waals surface area (Å²) < 4.78 is 5.35. The first-order valence-electron chi connectivity index (χ1n) is 5.15. The molecule has 0 radical (unpaired) electrons. The smallest absolute Gasteiger partial charge is 0.141 e. The molecular weight excluding hydrogens is 186 g/mol. The van der Waals surface area contributed by atoms with Crippen LogP contribution in [0.25, 0.3) is 10.9 Å². The zero-order valence-electron chi connectivity index (χ0n) is 9.32. The van der Waals surface area contributed by atoms with Crippen LogP contribution in [0.1, 0.15) is 25.3 Å². The summed E-state index contributed by atoms with van der Waals surface area (Å²) >= 11 is 0. The largest absolute Gasteiger partial charge is 0.495 e. The predicted octanol–water partition coefficient (Wildman–Crippen LogP) is 3.37. The van der Waals surface area contributed by atoms with E-state index in [1.807, 2.05) is 18.2 Å². The Bertz CT molecular complexity index is 477. The van der Waals surface area contributed by atoms with Gasteiger partial charge in [0.25, 0.3) is 0 Å². The van der Waals surface area contributed by atoms with Crippen LogP contribution >= 0.6 is 0 Å². The quantitative estimate of drug-likeness (QED) is 0.743. The molecule has 2 nitrogen and oxygen atoms in total. The highest BCUT2D eigenvalue weighted by Crippen LogP contribution is 2.32. The third-order valence-electron chi connectivity index (χ3n) is 2.58. The van der Waals surface area contributed by atoms with Gasteiger partial charge in [-0.3, -0.25) is 4.98 Å². The number of aromatic nitrogens is 1. The van der Waals surface area contributed by atoms with Crippen LogP contribution in [-0.2, 0) is 0 Å². The summed E-state index contributed by atoms with van der Waals surface area (Å²) in [6.45, 7) is 4.34. The molecule has 15 heavy (non-hydrogen) atoms. The number of benzene rings is 1. The maximum absolute atomic E-state index is 5.35. The van der Waals surface area contributed by atoms with E-state index in [0.717, 1.165) is 11.3 Å². The summed E-state index contributed by atoms with van der Waals surface area (Å²) in [6.07, 6.45) is 1.80. The topological polar surface area (TPSA) is 22.1 Å². The minimum atomic E-state index is 0.438. The number of hydrogen-bond donors (Lipinski definition) is 0. The molecule has 0 unspecified atom stereocenters. The molecule has 78 valence electrons. The Morgan fingerprint density at radius 2 is 1.93 bits per heavy atom. The molecule has 0 spiro atoms. The van der Waals surface area contributed by atoms with Crippen molar-refractivity contribution in [2.75, 3.05) is 7.11 Å². The predicted molar refractivity (Wildman–Crippen MR) is 62.4 cm³/mol. The summed E-state index contributed by atoms with van der Waals surface area (Å²) in [7, 11) is 1.69. The van der Waals surface area contributed by atoms with E-state index >= 15 is 0 Å². The van der Waals surface area contributed by atoms with Crippen molar-refractivity contribution in [2.45, 2.75) is 19.8 Å². The van der Waals surface area contributed by atoms with Gasteiger partial charge in [-0.15, -0.1) is 0 Å². The van der Waals surface area contributed by atoms with Gasteiger partial charge in [0.2, 0.25) is 0 Å². The fourth-order valence-electron chi connectivity index (χ4n) is 1.90. The lowest BCUT2D eigenvalue weighted by Gasteiger charge is -2.13. The molecule has 0 aliphatic carbocycles. The summed E-state index contributed by atoms with van der Waals surface area (Å²) in [5.74, 6) is 1.32. The minimum Gasteiger partial charge on any atom is -0.495 e. The molecule has 0 aliphatic heterocycles. The van der Waals surface area contributed by atoms with Crippen molar-refractivity contribution in [3.8, 4) is 5.75 Å². The Morgan fingerprint density at radius 3 is 2.60 bits per heavy atom. The molecule has 1 aromatic heterocycles. The van der Waals surface area contributed by atoms with Crippen LogP contribution < -0.4 is 4.74 Å². The van der Waals surface area contributed by atoms with Crippen molar-refractivity contribution < 1.29 is 4.74 Å². The number of fused-ring (bicyclic) bond motifs is 1. The van der Waals surface area contributed by atoms with E-state index in [9.17, 15) is 0 Å². The van der Waals surface area contributed by atoms with Crippen LogP contribution in [-0.4, -0.2) is 12.1 Å². The molecule has 0 aliphatic rings. The van der Waals surface area contributed by atoms with Crippen molar-refractivity contribution in [3.63, 3.8) is 0 Å². The Kier molecular flexibility index (Phi) is 2.58. The van der Waals surface area contributed by atoms with Crippen LogP contribution in [0.15, 0.2) is 30.5 Å². The third-order valence-corrected chi connectivity index (χ3v) is 2.58. The lowest BCUT2D eigenvalue weighted by Crippen LogP contribution is -1.97. The van der Waals surface area contributed by atoms with Crippen LogP contribution in [0.5, 0.6) is 5.75 Å². The second-order valence-corrected chi connectivity index (χ2v) is 3.91. The summed E-state index contributed by atoms with van der Waals surface area (Å²) in [5, 5.41) is 1.19. The molecule has 0 atom stereocenters. The average Bonchev–Trinajstić information content (AvgIpc) is 2.27. The number of methoxy groups -OCH3 is 1. The molecule has 0 amide bonds. The second kappa shape index (κ2) is 3.89. The highest BCUT2D eigenvalue weighted by atomic mass is 16.5. The van der Waals surface area contributed by atoms with E-state index in [4.69, 9.17) is 4.74 Å². The van der Waals surface area contributed by atoms with Crippen LogP contribution in [0.3, 0.4) is 0 Å². The first-order chi connectivity index (χ1) is 7.24. The first kappa shape index (κ1) is 9.97. The van der Waals surface area contributed by atoms with E-state index in [2.05, 4.69) is 24.9 Å². The fraction of sp³-hybridized carbons (Fsp3) is 0.308. The average molecular weight is 201 g/mol. The number of hydrogen-bond acceptors (Lipinski definition) is 2. The van der Waals surface area contributed by atoms with Gasteiger partial charge in [0.15, 0.2) is 0 Å². The van der Waals surface area contributed by atoms with Crippen molar-refractivity contribution in [2.24, 2.45) is 0 Å². The van der Waals surface area contributed by atoms with Gasteiger partial charge in [-0.1, -0.05) is 32.0 Å². The van der Waals surface area contributed by atoms with E-state index in [1.165, 1.54) is 10.9 Å². The standard InChI is InChI=1S/C13H15NO/c1-9(2)13-10-6-4-5-7-11(10)14-8-12(13)15-3/h4-9H,1-3H3. The molecule has 2 aromatic rings. The van der Waals surface area contributed by atoms with Gasteiger partial charge in [0, 0.05) is 10.9 Å². The van der Waals surface area contributed by atoms with E-state index < -0.39 is 0 Å². The Morgan fingerprint density at radius 1 is 1.20 bits per heavy atom. The number of pyridine rings is 1. The third kappa shape index (κ3) is 1.67. The Balaban J connectivity index is 2.79. The fourth-order valence-corrected chi connectivity index (χ4v) is 1.90. The SMILES string of the molecule is COc1cnc2ccccc2c1C(C)C. The molecule has 0 fully saturated rings. The van der Waals surface area contributed by atoms with Gasteiger partial charge in [-0.05, 0) is 12.0 Å². The Hall–Kier alpha value is -1.57. The van der Waals surface area contributed by atoms with Gasteiger partial charge >= 0.3 is 0 Å². The molecule has 0 bridgehead atoms. The number of para-hydroxylation sites is 1. The Labute approximate surface area is 89.9 Å². The zero-order chi connectivity index (χ0) is 10.8. The molecule has 1 heterocycles. The number of ether oxygens (including phenoxy) is 1. The number of rotatable bonds is 2. The molecule has 2 rings (SSSR count). The van der Waals surface area contributed by atoms with Gasteiger partial charge in [-0.2, -0.15) is 0 Å². The molecule has 1 aromatic carbocycles. The van der Waals surface area contributed by atoms with Gasteiger partial charge in [0.05, 0.1) is 18.8 Å². The van der Waals surface area contributed by atoms with Crippen LogP contribution in [0, 0.1) is 0 Å². The van der Waals surface area contributed by atoms with E-state index in [0.29, 0.717) is 5.92 Å². The molecule has 2 heteroatoms. The summed E-state index contributed by atoms with van der Waals surface area (Å²) in [6, 6.07) is 8.17. The monoisotopic (exact) mass is 201 g/mol. The van der Waals surface area contributed by atoms with E-state index in [-0.39, 0.29) is 0 Å². The van der Waals surface area contributed by atoms with E-state index in [1.54, 1.807) is 13.3 Å². The van der Waals surface area contributed by atoms with Crippen molar-refractivity contribution in [1.29, 1.82) is 0 Å². The normalized spacial score (nSPS) is 10.9. The lowest BCUT2D eigenvalue weighted by atomic mass is 9.98. The van der Waals surface area contributed by atoms with Crippen molar-refractivity contribution >= 4 is 10.9 Å². The summed E-state index contributed by atoms with van der Waals surface area (Å²) in [5.41, 5.74) is 2.27. The molecule has 0 saturated carbocycles. The minimum absolute atomic E-state index is 0.438. The van der Waals surface area contributed by atoms with Crippen molar-refractivity contribution in [3.05, 3.63) is 36.0 Å². The van der Waals surface area contributed by atoms with Crippen LogP contribution in [0.2, 0.25) is 0 Å². The maximum atomic E-state index is 5.35. The van der Waals surface area contributed by atoms with Gasteiger partial charge < -0.3 is 4.74 Å². The highest BCUT2D eigenvalue weighted by Gasteiger charge is 2.11. The molecular formula is C13H15NO. The lowest BCUT2D eigenvalue weighted by molar-refractivity contribution is 0.407. The van der Waals surface area contributed by atoms with Crippen LogP contribution in [0.4, 0.5) is 0 Å². The van der Waals surface area contributed by atoms with Crippen molar-refractivity contribution in [1.82, 2.24) is 4.98 Å². The summed E-state index contributed by atoms with van der Waals surface area (Å²) in [4.78, 5) is 4.37. The zero-order valence-corrected chi connectivity index (χ0v) is 9.32. The maximum Gasteiger partial charge on any atom is 0.141 e. The number of nitrogens with zero attached hydrogens (tertiary/aromatic N) is 1. The van der Waals surface area contributed by atoms with Gasteiger partial charge in [0.1, 0.15) is 5.75 Å².